The zero-order valence-corrected chi connectivity index (χ0v) is 19.5. The number of aromatic nitrogens is 2. The molecule has 0 atom stereocenters. The molecule has 3 aromatic rings. The van der Waals surface area contributed by atoms with E-state index in [0.29, 0.717) is 11.0 Å². The van der Waals surface area contributed by atoms with E-state index >= 15 is 0 Å². The number of nitro benzene ring substituents is 1. The number of Topliss-reactive ketones (excluding diaryl/α,β-unsaturated/α-hetero) is 1. The van der Waals surface area contributed by atoms with E-state index in [2.05, 4.69) is 0 Å². The van der Waals surface area contributed by atoms with Gasteiger partial charge in [0.15, 0.2) is 11.5 Å². The Kier molecular flexibility index (Phi) is 6.70. The van der Waals surface area contributed by atoms with E-state index in [0.717, 1.165) is 10.4 Å². The largest absolute Gasteiger partial charge is 0.487 e. The van der Waals surface area contributed by atoms with Crippen LogP contribution in [0.1, 0.15) is 24.2 Å². The van der Waals surface area contributed by atoms with Crippen LogP contribution in [-0.2, 0) is 24.1 Å². The second kappa shape index (κ2) is 9.16. The van der Waals surface area contributed by atoms with Gasteiger partial charge in [-0.1, -0.05) is 6.92 Å². The van der Waals surface area contributed by atoms with E-state index in [1.54, 1.807) is 27.9 Å². The summed E-state index contributed by atoms with van der Waals surface area (Å²) in [5.41, 5.74) is 0.346. The maximum atomic E-state index is 13.2. The molecule has 0 aliphatic carbocycles. The van der Waals surface area contributed by atoms with Crippen molar-refractivity contribution in [2.24, 2.45) is 14.1 Å². The van der Waals surface area contributed by atoms with Crippen LogP contribution in [0.5, 0.6) is 5.75 Å². The quantitative estimate of drug-likeness (QED) is 0.262. The highest BCUT2D eigenvalue weighted by molar-refractivity contribution is 7.89. The van der Waals surface area contributed by atoms with Gasteiger partial charge >= 0.3 is 11.4 Å². The summed E-state index contributed by atoms with van der Waals surface area (Å²) in [4.78, 5) is 35.6. The second-order valence-electron chi connectivity index (χ2n) is 7.28. The lowest BCUT2D eigenvalue weighted by Gasteiger charge is -2.20. The number of rotatable bonds is 9. The number of fused-ring (bicyclic) bond motifs is 1. The van der Waals surface area contributed by atoms with Crippen molar-refractivity contribution in [1.82, 2.24) is 13.4 Å². The Morgan fingerprint density at radius 1 is 1.09 bits per heavy atom. The molecule has 12 heteroatoms. The van der Waals surface area contributed by atoms with Gasteiger partial charge in [-0.2, -0.15) is 4.31 Å². The van der Waals surface area contributed by atoms with Crippen LogP contribution in [0.2, 0.25) is 0 Å². The highest BCUT2D eigenvalue weighted by Gasteiger charge is 2.28. The molecule has 0 aliphatic heterocycles. The Bertz CT molecular complexity index is 1410. The smallest absolute Gasteiger partial charge is 0.328 e. The zero-order valence-electron chi connectivity index (χ0n) is 18.6. The molecular formula is C21H24N4O7S. The van der Waals surface area contributed by atoms with Crippen molar-refractivity contribution in [2.45, 2.75) is 18.7 Å². The Balaban J connectivity index is 1.94. The van der Waals surface area contributed by atoms with Crippen molar-refractivity contribution in [2.75, 3.05) is 19.7 Å². The SMILES string of the molecule is CCOc1ccc(C(=O)CN(CC)S(=O)(=O)c2ccc3c(c2)n(C)c(=O)n3C)cc1[N+](=O)[O-]. The fraction of sp³-hybridized carbons (Fsp3) is 0.333. The molecule has 176 valence electrons. The van der Waals surface area contributed by atoms with Gasteiger partial charge in [0, 0.05) is 32.3 Å². The van der Waals surface area contributed by atoms with Crippen LogP contribution in [0.15, 0.2) is 46.1 Å². The molecule has 2 aromatic carbocycles. The van der Waals surface area contributed by atoms with Gasteiger partial charge in [0.05, 0.1) is 34.0 Å². The predicted octanol–water partition coefficient (Wildman–Crippen LogP) is 2.08. The van der Waals surface area contributed by atoms with Gasteiger partial charge < -0.3 is 4.74 Å². The lowest BCUT2D eigenvalue weighted by molar-refractivity contribution is -0.385. The van der Waals surface area contributed by atoms with Gasteiger partial charge in [0.1, 0.15) is 0 Å². The van der Waals surface area contributed by atoms with E-state index < -0.39 is 27.3 Å². The molecule has 1 aromatic heterocycles. The summed E-state index contributed by atoms with van der Waals surface area (Å²) in [7, 11) is -0.948. The Morgan fingerprint density at radius 2 is 1.76 bits per heavy atom. The molecule has 11 nitrogen and oxygen atoms in total. The molecule has 3 rings (SSSR count). The Hall–Kier alpha value is -3.51. The van der Waals surface area contributed by atoms with E-state index in [4.69, 9.17) is 4.74 Å². The minimum absolute atomic E-state index is 0.000267. The number of hydrogen-bond donors (Lipinski definition) is 0. The molecule has 1 heterocycles. The number of carbonyl (C=O) groups excluding carboxylic acids is 1. The number of nitrogens with zero attached hydrogens (tertiary/aromatic N) is 4. The first kappa shape index (κ1) is 24.1. The van der Waals surface area contributed by atoms with E-state index in [-0.39, 0.29) is 40.7 Å². The minimum atomic E-state index is -4.08. The van der Waals surface area contributed by atoms with Crippen molar-refractivity contribution in [1.29, 1.82) is 0 Å². The number of carbonyl (C=O) groups is 1. The molecule has 0 saturated carbocycles. The summed E-state index contributed by atoms with van der Waals surface area (Å²) < 4.78 is 35.4. The van der Waals surface area contributed by atoms with Crippen LogP contribution in [0.25, 0.3) is 11.0 Å². The summed E-state index contributed by atoms with van der Waals surface area (Å²) in [6, 6.07) is 8.08. The summed E-state index contributed by atoms with van der Waals surface area (Å²) in [6.45, 7) is 2.97. The average molecular weight is 477 g/mol. The Labute approximate surface area is 190 Å². The van der Waals surface area contributed by atoms with Crippen LogP contribution in [0.4, 0.5) is 5.69 Å². The molecule has 0 amide bonds. The number of likely N-dealkylation sites (N-methyl/N-ethyl adjacent to an activating group) is 1. The number of sulfonamides is 1. The molecule has 0 radical (unpaired) electrons. The minimum Gasteiger partial charge on any atom is -0.487 e. The molecule has 33 heavy (non-hydrogen) atoms. The number of aryl methyl sites for hydroxylation is 2. The maximum absolute atomic E-state index is 13.2. The first-order valence-electron chi connectivity index (χ1n) is 10.1. The van der Waals surface area contributed by atoms with Crippen LogP contribution < -0.4 is 10.4 Å². The van der Waals surface area contributed by atoms with Crippen LogP contribution in [-0.4, -0.2) is 52.3 Å². The van der Waals surface area contributed by atoms with Crippen molar-refractivity contribution >= 4 is 32.5 Å². The van der Waals surface area contributed by atoms with Crippen LogP contribution in [0.3, 0.4) is 0 Å². The lowest BCUT2D eigenvalue weighted by Crippen LogP contribution is -2.35. The summed E-state index contributed by atoms with van der Waals surface area (Å²) in [5, 5.41) is 11.3. The monoisotopic (exact) mass is 476 g/mol. The van der Waals surface area contributed by atoms with Gasteiger partial charge in [-0.05, 0) is 37.3 Å². The van der Waals surface area contributed by atoms with E-state index in [1.165, 1.54) is 39.5 Å². The summed E-state index contributed by atoms with van der Waals surface area (Å²) in [6.07, 6.45) is 0. The molecule has 0 unspecified atom stereocenters. The predicted molar refractivity (Wildman–Crippen MR) is 121 cm³/mol. The third-order valence-corrected chi connectivity index (χ3v) is 7.25. The van der Waals surface area contributed by atoms with E-state index in [9.17, 15) is 28.1 Å². The lowest BCUT2D eigenvalue weighted by atomic mass is 10.1. The van der Waals surface area contributed by atoms with Crippen LogP contribution in [0, 0.1) is 10.1 Å². The van der Waals surface area contributed by atoms with Gasteiger partial charge in [-0.25, -0.2) is 13.2 Å². The first-order chi connectivity index (χ1) is 15.5. The summed E-state index contributed by atoms with van der Waals surface area (Å²) in [5.74, 6) is -0.569. The normalized spacial score (nSPS) is 11.8. The van der Waals surface area contributed by atoms with Crippen molar-refractivity contribution < 1.29 is 22.9 Å². The number of hydrogen-bond acceptors (Lipinski definition) is 7. The van der Waals surface area contributed by atoms with Gasteiger partial charge in [-0.3, -0.25) is 24.0 Å². The molecule has 0 aliphatic rings. The Morgan fingerprint density at radius 3 is 2.36 bits per heavy atom. The topological polar surface area (TPSA) is 134 Å². The average Bonchev–Trinajstić information content (AvgIpc) is 3.01. The highest BCUT2D eigenvalue weighted by atomic mass is 32.2. The molecule has 0 saturated heterocycles. The van der Waals surface area contributed by atoms with Crippen LogP contribution >= 0.6 is 0 Å². The standard InChI is InChI=1S/C21H24N4O7S/c1-5-24(13-19(26)14-7-10-20(32-6-2)18(11-14)25(28)29)33(30,31)15-8-9-16-17(12-15)23(4)21(27)22(16)3/h7-12H,5-6,13H2,1-4H3. The van der Waals surface area contributed by atoms with Gasteiger partial charge in [0.2, 0.25) is 10.0 Å². The number of ether oxygens (including phenoxy) is 1. The van der Waals surface area contributed by atoms with Crippen molar-refractivity contribution in [3.8, 4) is 5.75 Å². The van der Waals surface area contributed by atoms with Gasteiger partial charge in [-0.15, -0.1) is 0 Å². The number of ketones is 1. The number of nitro groups is 1. The maximum Gasteiger partial charge on any atom is 0.328 e. The molecule has 0 bridgehead atoms. The third-order valence-electron chi connectivity index (χ3n) is 5.33. The number of benzene rings is 2. The molecule has 0 fully saturated rings. The second-order valence-corrected chi connectivity index (χ2v) is 9.22. The zero-order chi connectivity index (χ0) is 24.5. The fourth-order valence-electron chi connectivity index (χ4n) is 3.53. The highest BCUT2D eigenvalue weighted by Crippen LogP contribution is 2.28. The first-order valence-corrected chi connectivity index (χ1v) is 11.6. The summed E-state index contributed by atoms with van der Waals surface area (Å²) >= 11 is 0. The molecule has 0 N–H and O–H groups in total. The number of imidazole rings is 1. The van der Waals surface area contributed by atoms with Crippen molar-refractivity contribution in [3.63, 3.8) is 0 Å². The molecule has 0 spiro atoms. The molecular weight excluding hydrogens is 452 g/mol. The van der Waals surface area contributed by atoms with E-state index in [1.807, 2.05) is 0 Å². The van der Waals surface area contributed by atoms with Crippen molar-refractivity contribution in [3.05, 3.63) is 62.6 Å². The van der Waals surface area contributed by atoms with Gasteiger partial charge in [0.25, 0.3) is 0 Å². The third kappa shape index (κ3) is 4.39. The fourth-order valence-corrected chi connectivity index (χ4v) is 4.95.